The number of β-amino-alcohol motifs (C(OH)–C–C–N with tert-alkyl or cyclic N) is 1. The average molecular weight is 339 g/mol. The Morgan fingerprint density at radius 3 is 2.50 bits per heavy atom. The first-order chi connectivity index (χ1) is 11.5. The molecule has 2 aliphatic heterocycles. The Morgan fingerprint density at radius 2 is 1.83 bits per heavy atom. The molecule has 1 atom stereocenters. The number of benzene rings is 1. The van der Waals surface area contributed by atoms with Gasteiger partial charge in [0.15, 0.2) is 0 Å². The van der Waals surface area contributed by atoms with Gasteiger partial charge in [-0.15, -0.1) is 0 Å². The molecule has 6 heteroatoms. The van der Waals surface area contributed by atoms with Gasteiger partial charge in [0.05, 0.1) is 18.8 Å². The number of halogens is 1. The van der Waals surface area contributed by atoms with Gasteiger partial charge in [-0.2, -0.15) is 0 Å². The second kappa shape index (κ2) is 7.45. The lowest BCUT2D eigenvalue weighted by molar-refractivity contribution is -0.152. The molecule has 3 rings (SSSR count). The van der Waals surface area contributed by atoms with Crippen LogP contribution in [-0.2, 0) is 15.9 Å². The van der Waals surface area contributed by atoms with E-state index in [1.807, 2.05) is 0 Å². The van der Waals surface area contributed by atoms with Gasteiger partial charge in [-0.3, -0.25) is 4.90 Å². The summed E-state index contributed by atoms with van der Waals surface area (Å²) < 4.78 is 24.3. The molecular formula is C18H26FNO4. The Labute approximate surface area is 142 Å². The lowest BCUT2D eigenvalue weighted by atomic mass is 9.90. The Balaban J connectivity index is 1.66. The number of morpholine rings is 1. The number of aliphatic hydroxyl groups excluding tert-OH is 1. The van der Waals surface area contributed by atoms with Crippen LogP contribution >= 0.6 is 0 Å². The third-order valence-corrected chi connectivity index (χ3v) is 5.00. The van der Waals surface area contributed by atoms with Crippen molar-refractivity contribution in [2.45, 2.75) is 30.5 Å². The number of hydrogen-bond acceptors (Lipinski definition) is 5. The van der Waals surface area contributed by atoms with Crippen molar-refractivity contribution in [2.75, 3.05) is 46.1 Å². The lowest BCUT2D eigenvalue weighted by Crippen LogP contribution is -2.59. The summed E-state index contributed by atoms with van der Waals surface area (Å²) >= 11 is 0. The van der Waals surface area contributed by atoms with Crippen LogP contribution in [0, 0.1) is 5.82 Å². The van der Waals surface area contributed by atoms with E-state index in [9.17, 15) is 14.6 Å². The van der Waals surface area contributed by atoms with Gasteiger partial charge >= 0.3 is 0 Å². The van der Waals surface area contributed by atoms with Crippen molar-refractivity contribution in [3.63, 3.8) is 0 Å². The summed E-state index contributed by atoms with van der Waals surface area (Å²) in [5, 5.41) is 20.7. The molecule has 2 N–H and O–H groups in total. The van der Waals surface area contributed by atoms with E-state index < -0.39 is 11.2 Å². The first-order valence-corrected chi connectivity index (χ1v) is 8.54. The first kappa shape index (κ1) is 17.8. The summed E-state index contributed by atoms with van der Waals surface area (Å²) in [7, 11) is 0. The number of hydrogen-bond donors (Lipinski definition) is 2. The molecule has 2 aliphatic rings. The highest BCUT2D eigenvalue weighted by molar-refractivity contribution is 5.19. The number of nitrogens with zero attached hydrogens (tertiary/aromatic N) is 1. The predicted octanol–water partition coefficient (Wildman–Crippen LogP) is 0.973. The lowest BCUT2D eigenvalue weighted by Gasteiger charge is -2.45. The summed E-state index contributed by atoms with van der Waals surface area (Å²) in [6, 6.07) is 6.29. The maximum absolute atomic E-state index is 13.1. The minimum atomic E-state index is -0.730. The summed E-state index contributed by atoms with van der Waals surface area (Å²) in [6.45, 7) is 3.41. The van der Waals surface area contributed by atoms with Gasteiger partial charge in [0, 0.05) is 52.1 Å². The predicted molar refractivity (Wildman–Crippen MR) is 87.3 cm³/mol. The van der Waals surface area contributed by atoms with Gasteiger partial charge < -0.3 is 19.7 Å². The SMILES string of the molecule is OCC1(Cc2ccc(F)cc2)CN(CC2(O)CCOCC2)CCO1. The van der Waals surface area contributed by atoms with Crippen molar-refractivity contribution in [1.82, 2.24) is 4.90 Å². The van der Waals surface area contributed by atoms with Crippen LogP contribution in [0.25, 0.3) is 0 Å². The van der Waals surface area contributed by atoms with Crippen LogP contribution in [0.4, 0.5) is 4.39 Å². The topological polar surface area (TPSA) is 62.2 Å². The molecule has 0 spiro atoms. The molecule has 1 aromatic rings. The van der Waals surface area contributed by atoms with Crippen LogP contribution in [0.15, 0.2) is 24.3 Å². The minimum absolute atomic E-state index is 0.109. The van der Waals surface area contributed by atoms with Crippen LogP contribution in [0.3, 0.4) is 0 Å². The van der Waals surface area contributed by atoms with Crippen molar-refractivity contribution in [3.8, 4) is 0 Å². The quantitative estimate of drug-likeness (QED) is 0.837. The standard InChI is InChI=1S/C18H26FNO4/c19-16-3-1-15(2-4-16)11-18(14-21)13-20(7-10-24-18)12-17(22)5-8-23-9-6-17/h1-4,21-22H,5-14H2. The van der Waals surface area contributed by atoms with Gasteiger partial charge in [0.25, 0.3) is 0 Å². The third kappa shape index (κ3) is 4.32. The zero-order chi connectivity index (χ0) is 17.0. The molecule has 2 heterocycles. The van der Waals surface area contributed by atoms with Crippen LogP contribution in [-0.4, -0.2) is 72.4 Å². The molecular weight excluding hydrogens is 313 g/mol. The molecule has 0 radical (unpaired) electrons. The second-order valence-electron chi connectivity index (χ2n) is 7.04. The van der Waals surface area contributed by atoms with Crippen molar-refractivity contribution in [2.24, 2.45) is 0 Å². The zero-order valence-electron chi connectivity index (χ0n) is 13.9. The maximum Gasteiger partial charge on any atom is 0.123 e. The highest BCUT2D eigenvalue weighted by atomic mass is 19.1. The fourth-order valence-electron chi connectivity index (χ4n) is 3.62. The van der Waals surface area contributed by atoms with Crippen molar-refractivity contribution < 1.29 is 24.1 Å². The zero-order valence-corrected chi connectivity index (χ0v) is 13.9. The Kier molecular flexibility index (Phi) is 5.52. The number of rotatable bonds is 5. The molecule has 2 fully saturated rings. The first-order valence-electron chi connectivity index (χ1n) is 8.54. The van der Waals surface area contributed by atoms with E-state index in [-0.39, 0.29) is 12.4 Å². The summed E-state index contributed by atoms with van der Waals surface area (Å²) in [5.74, 6) is -0.273. The molecule has 0 saturated carbocycles. The minimum Gasteiger partial charge on any atom is -0.393 e. The van der Waals surface area contributed by atoms with E-state index in [2.05, 4.69) is 4.90 Å². The Morgan fingerprint density at radius 1 is 1.12 bits per heavy atom. The molecule has 134 valence electrons. The van der Waals surface area contributed by atoms with Gasteiger partial charge in [-0.1, -0.05) is 12.1 Å². The van der Waals surface area contributed by atoms with E-state index in [0.29, 0.717) is 52.2 Å². The van der Waals surface area contributed by atoms with Crippen molar-refractivity contribution in [1.29, 1.82) is 0 Å². The fourth-order valence-corrected chi connectivity index (χ4v) is 3.62. The van der Waals surface area contributed by atoms with E-state index in [1.165, 1.54) is 12.1 Å². The highest BCUT2D eigenvalue weighted by Crippen LogP contribution is 2.27. The molecule has 0 amide bonds. The average Bonchev–Trinajstić information content (AvgIpc) is 2.57. The molecule has 24 heavy (non-hydrogen) atoms. The van der Waals surface area contributed by atoms with E-state index in [1.54, 1.807) is 12.1 Å². The number of ether oxygens (including phenoxy) is 2. The summed E-state index contributed by atoms with van der Waals surface area (Å²) in [4.78, 5) is 2.16. The highest BCUT2D eigenvalue weighted by Gasteiger charge is 2.40. The van der Waals surface area contributed by atoms with Crippen molar-refractivity contribution in [3.05, 3.63) is 35.6 Å². The number of aliphatic hydroxyl groups is 2. The Hall–Kier alpha value is -1.05. The van der Waals surface area contributed by atoms with Gasteiger partial charge in [0.1, 0.15) is 11.4 Å². The third-order valence-electron chi connectivity index (χ3n) is 5.00. The van der Waals surface area contributed by atoms with Crippen LogP contribution in [0.1, 0.15) is 18.4 Å². The van der Waals surface area contributed by atoms with Gasteiger partial charge in [0.2, 0.25) is 0 Å². The molecule has 2 saturated heterocycles. The second-order valence-corrected chi connectivity index (χ2v) is 7.04. The van der Waals surface area contributed by atoms with Crippen molar-refractivity contribution >= 4 is 0 Å². The van der Waals surface area contributed by atoms with Crippen LogP contribution in [0.2, 0.25) is 0 Å². The molecule has 5 nitrogen and oxygen atoms in total. The molecule has 1 unspecified atom stereocenters. The molecule has 0 aliphatic carbocycles. The summed E-state index contributed by atoms with van der Waals surface area (Å²) in [5.41, 5.74) is -0.512. The van der Waals surface area contributed by atoms with E-state index in [4.69, 9.17) is 9.47 Å². The normalized spacial score (nSPS) is 28.0. The van der Waals surface area contributed by atoms with Gasteiger partial charge in [-0.05, 0) is 17.7 Å². The van der Waals surface area contributed by atoms with Gasteiger partial charge in [-0.25, -0.2) is 4.39 Å². The monoisotopic (exact) mass is 339 g/mol. The van der Waals surface area contributed by atoms with E-state index in [0.717, 1.165) is 12.1 Å². The molecule has 1 aromatic carbocycles. The largest absolute Gasteiger partial charge is 0.393 e. The maximum atomic E-state index is 13.1. The molecule has 0 bridgehead atoms. The summed E-state index contributed by atoms with van der Waals surface area (Å²) in [6.07, 6.45) is 1.78. The molecule has 0 aromatic heterocycles. The van der Waals surface area contributed by atoms with Crippen LogP contribution in [0.5, 0.6) is 0 Å². The van der Waals surface area contributed by atoms with Crippen LogP contribution < -0.4 is 0 Å². The fraction of sp³-hybridized carbons (Fsp3) is 0.667. The Bertz CT molecular complexity index is 532. The smallest absolute Gasteiger partial charge is 0.123 e. The van der Waals surface area contributed by atoms with E-state index >= 15 is 0 Å².